The second kappa shape index (κ2) is 8.51. The summed E-state index contributed by atoms with van der Waals surface area (Å²) in [6.07, 6.45) is 2.35. The monoisotopic (exact) mass is 406 g/mol. The number of ketones is 1. The van der Waals surface area contributed by atoms with Crippen molar-refractivity contribution in [1.82, 2.24) is 9.55 Å². The van der Waals surface area contributed by atoms with Crippen LogP contribution in [0.1, 0.15) is 26.6 Å². The topological polar surface area (TPSA) is 52.0 Å². The first kappa shape index (κ1) is 20.0. The number of thiazole rings is 1. The van der Waals surface area contributed by atoms with Crippen LogP contribution in [0, 0.1) is 11.5 Å². The Hall–Kier alpha value is -2.75. The van der Waals surface area contributed by atoms with Gasteiger partial charge in [-0.15, -0.1) is 16.9 Å². The molecule has 0 atom stereocenters. The molecule has 2 heterocycles. The normalized spacial score (nSPS) is 11.0. The van der Waals surface area contributed by atoms with Gasteiger partial charge in [-0.3, -0.25) is 9.59 Å². The fourth-order valence-electron chi connectivity index (χ4n) is 2.51. The second-order valence-electron chi connectivity index (χ2n) is 7.60. The van der Waals surface area contributed by atoms with E-state index in [1.165, 1.54) is 22.0 Å². The van der Waals surface area contributed by atoms with Crippen LogP contribution in [-0.4, -0.2) is 23.4 Å². The molecule has 0 aliphatic rings. The molecule has 3 rings (SSSR count). The van der Waals surface area contributed by atoms with Gasteiger partial charge in [0.05, 0.1) is 11.6 Å². The van der Waals surface area contributed by atoms with Crippen LogP contribution in [0.2, 0.25) is 19.6 Å². The van der Waals surface area contributed by atoms with Crippen molar-refractivity contribution in [2.24, 2.45) is 0 Å². The fourth-order valence-corrected chi connectivity index (χ4v) is 3.87. The Bertz CT molecular complexity index is 1100. The first-order valence-corrected chi connectivity index (χ1v) is 13.4. The van der Waals surface area contributed by atoms with Crippen molar-refractivity contribution in [2.75, 3.05) is 0 Å². The summed E-state index contributed by atoms with van der Waals surface area (Å²) in [6.45, 7) is 6.45. The van der Waals surface area contributed by atoms with Gasteiger partial charge in [0.15, 0.2) is 0 Å². The number of pyridine rings is 1. The highest BCUT2D eigenvalue weighted by Gasteiger charge is 2.13. The number of carbonyl (C=O) groups excluding carboxylic acids is 1. The van der Waals surface area contributed by atoms with E-state index in [0.29, 0.717) is 12.1 Å². The zero-order valence-electron chi connectivity index (χ0n) is 16.2. The maximum atomic E-state index is 12.6. The standard InChI is InChI=1S/C22H22N2O2SSi/c1-28(2,3)12-11-18-9-10-22(26)24(14-18)15-20(25)19-16-27-21(23-19)13-17-7-5-4-6-8-17/h4-10,14,16H,13,15H2,1-3H3. The van der Waals surface area contributed by atoms with Gasteiger partial charge in [-0.2, -0.15) is 0 Å². The number of carbonyl (C=O) groups is 1. The van der Waals surface area contributed by atoms with Crippen LogP contribution in [0.5, 0.6) is 0 Å². The molecule has 6 heteroatoms. The van der Waals surface area contributed by atoms with Gasteiger partial charge in [0.1, 0.15) is 13.8 Å². The van der Waals surface area contributed by atoms with E-state index in [2.05, 4.69) is 36.1 Å². The Morgan fingerprint density at radius 1 is 1.14 bits per heavy atom. The van der Waals surface area contributed by atoms with Gasteiger partial charge in [0.25, 0.3) is 5.56 Å². The Morgan fingerprint density at radius 3 is 2.61 bits per heavy atom. The maximum Gasteiger partial charge on any atom is 0.251 e. The molecular weight excluding hydrogens is 384 g/mol. The van der Waals surface area contributed by atoms with Gasteiger partial charge in [-0.25, -0.2) is 4.98 Å². The lowest BCUT2D eigenvalue weighted by molar-refractivity contribution is 0.0966. The third-order valence-corrected chi connectivity index (χ3v) is 5.64. The summed E-state index contributed by atoms with van der Waals surface area (Å²) in [5, 5.41) is 2.65. The molecule has 2 aromatic heterocycles. The number of hydrogen-bond acceptors (Lipinski definition) is 4. The Balaban J connectivity index is 1.74. The molecule has 0 amide bonds. The number of hydrogen-bond donors (Lipinski definition) is 0. The van der Waals surface area contributed by atoms with Crippen molar-refractivity contribution in [3.05, 3.63) is 86.2 Å². The van der Waals surface area contributed by atoms with Crippen molar-refractivity contribution in [2.45, 2.75) is 32.6 Å². The van der Waals surface area contributed by atoms with Gasteiger partial charge in [-0.05, 0) is 11.6 Å². The Kier molecular flexibility index (Phi) is 6.07. The minimum atomic E-state index is -1.51. The van der Waals surface area contributed by atoms with E-state index in [1.54, 1.807) is 17.6 Å². The molecule has 4 nitrogen and oxygen atoms in total. The Labute approximate surface area is 169 Å². The van der Waals surface area contributed by atoms with E-state index in [9.17, 15) is 9.59 Å². The number of aromatic nitrogens is 2. The van der Waals surface area contributed by atoms with Crippen LogP contribution in [0.15, 0.2) is 58.8 Å². The van der Waals surface area contributed by atoms with Gasteiger partial charge >= 0.3 is 0 Å². The van der Waals surface area contributed by atoms with Gasteiger partial charge in [0.2, 0.25) is 5.78 Å². The summed E-state index contributed by atoms with van der Waals surface area (Å²) < 4.78 is 1.41. The highest BCUT2D eigenvalue weighted by Crippen LogP contribution is 2.15. The molecule has 0 bridgehead atoms. The zero-order chi connectivity index (χ0) is 20.1. The fraction of sp³-hybridized carbons (Fsp3) is 0.227. The van der Waals surface area contributed by atoms with Crippen LogP contribution in [0.3, 0.4) is 0 Å². The molecule has 28 heavy (non-hydrogen) atoms. The SMILES string of the molecule is C[Si](C)(C)C#Cc1ccc(=O)n(CC(=O)c2csc(Cc3ccccc3)n2)c1. The van der Waals surface area contributed by atoms with Crippen molar-refractivity contribution < 1.29 is 4.79 Å². The van der Waals surface area contributed by atoms with Crippen LogP contribution in [-0.2, 0) is 13.0 Å². The average molecular weight is 407 g/mol. The lowest BCUT2D eigenvalue weighted by atomic mass is 10.2. The highest BCUT2D eigenvalue weighted by atomic mass is 32.1. The summed E-state index contributed by atoms with van der Waals surface area (Å²) in [5.41, 5.74) is 5.36. The smallest absolute Gasteiger partial charge is 0.251 e. The summed E-state index contributed by atoms with van der Waals surface area (Å²) in [7, 11) is -1.51. The molecule has 0 saturated carbocycles. The quantitative estimate of drug-likeness (QED) is 0.365. The van der Waals surface area contributed by atoms with E-state index < -0.39 is 8.07 Å². The number of benzene rings is 1. The first-order chi connectivity index (χ1) is 13.3. The van der Waals surface area contributed by atoms with E-state index in [4.69, 9.17) is 0 Å². The van der Waals surface area contributed by atoms with Gasteiger partial charge in [0, 0.05) is 29.6 Å². The molecule has 0 aliphatic heterocycles. The third-order valence-electron chi connectivity index (χ3n) is 3.91. The number of Topliss-reactive ketones (excluding diaryl/α,β-unsaturated/α-hetero) is 1. The first-order valence-electron chi connectivity index (χ1n) is 9.05. The largest absolute Gasteiger partial charge is 0.306 e. The van der Waals surface area contributed by atoms with Crippen LogP contribution in [0.25, 0.3) is 0 Å². The van der Waals surface area contributed by atoms with Crippen molar-refractivity contribution in [1.29, 1.82) is 0 Å². The van der Waals surface area contributed by atoms with E-state index in [1.807, 2.05) is 30.3 Å². The molecule has 3 aromatic rings. The Morgan fingerprint density at radius 2 is 1.89 bits per heavy atom. The van der Waals surface area contributed by atoms with E-state index in [-0.39, 0.29) is 17.9 Å². The second-order valence-corrected chi connectivity index (χ2v) is 13.3. The summed E-state index contributed by atoms with van der Waals surface area (Å²) in [5.74, 6) is 2.95. The molecule has 1 aromatic carbocycles. The minimum absolute atomic E-state index is 0.0319. The molecule has 0 fully saturated rings. The summed E-state index contributed by atoms with van der Waals surface area (Å²) in [4.78, 5) is 29.2. The summed E-state index contributed by atoms with van der Waals surface area (Å²) in [6, 6.07) is 13.2. The summed E-state index contributed by atoms with van der Waals surface area (Å²) >= 11 is 1.46. The maximum absolute atomic E-state index is 12.6. The number of rotatable bonds is 5. The van der Waals surface area contributed by atoms with Crippen molar-refractivity contribution in [3.63, 3.8) is 0 Å². The van der Waals surface area contributed by atoms with Gasteiger partial charge in [-0.1, -0.05) is 55.9 Å². The average Bonchev–Trinajstić information content (AvgIpc) is 3.11. The molecule has 0 N–H and O–H groups in total. The van der Waals surface area contributed by atoms with E-state index >= 15 is 0 Å². The third kappa shape index (κ3) is 5.62. The minimum Gasteiger partial charge on any atom is -0.306 e. The molecular formula is C22H22N2O2SSi. The van der Waals surface area contributed by atoms with E-state index in [0.717, 1.165) is 16.1 Å². The predicted molar refractivity (Wildman–Crippen MR) is 117 cm³/mol. The molecule has 0 radical (unpaired) electrons. The molecule has 0 unspecified atom stereocenters. The van der Waals surface area contributed by atoms with Crippen LogP contribution < -0.4 is 5.56 Å². The number of nitrogens with zero attached hydrogens (tertiary/aromatic N) is 2. The highest BCUT2D eigenvalue weighted by molar-refractivity contribution is 7.09. The van der Waals surface area contributed by atoms with Crippen molar-refractivity contribution in [3.8, 4) is 11.5 Å². The predicted octanol–water partition coefficient (Wildman–Crippen LogP) is 4.01. The molecule has 0 aliphatic carbocycles. The lowest BCUT2D eigenvalue weighted by Gasteiger charge is -2.05. The molecule has 0 spiro atoms. The van der Waals surface area contributed by atoms with Gasteiger partial charge < -0.3 is 4.57 Å². The lowest BCUT2D eigenvalue weighted by Crippen LogP contribution is -2.23. The molecule has 142 valence electrons. The van der Waals surface area contributed by atoms with Crippen molar-refractivity contribution >= 4 is 25.2 Å². The molecule has 0 saturated heterocycles. The van der Waals surface area contributed by atoms with Crippen LogP contribution >= 0.6 is 11.3 Å². The van der Waals surface area contributed by atoms with Crippen LogP contribution in [0.4, 0.5) is 0 Å². The zero-order valence-corrected chi connectivity index (χ0v) is 18.0.